The van der Waals surface area contributed by atoms with E-state index < -0.39 is 21.8 Å². The minimum atomic E-state index is -1.34. The van der Waals surface area contributed by atoms with Crippen LogP contribution in [0, 0.1) is 0 Å². The highest BCUT2D eigenvalue weighted by molar-refractivity contribution is 7.84. The zero-order valence-electron chi connectivity index (χ0n) is 14.8. The molecule has 23 heavy (non-hydrogen) atoms. The molecule has 0 aliphatic carbocycles. The van der Waals surface area contributed by atoms with E-state index in [2.05, 4.69) is 11.6 Å². The molecule has 0 amide bonds. The van der Waals surface area contributed by atoms with Crippen molar-refractivity contribution in [2.24, 2.45) is 0 Å². The van der Waals surface area contributed by atoms with Crippen LogP contribution in [0.5, 0.6) is 0 Å². The lowest BCUT2D eigenvalue weighted by molar-refractivity contribution is -0.143. The third kappa shape index (κ3) is 6.07. The number of nitrogens with one attached hydrogen (secondary N) is 1. The molecule has 5 heteroatoms. The molecule has 1 aromatic rings. The van der Waals surface area contributed by atoms with Gasteiger partial charge in [-0.25, -0.2) is 8.93 Å². The second-order valence-electron chi connectivity index (χ2n) is 6.66. The van der Waals surface area contributed by atoms with Crippen LogP contribution < -0.4 is 4.72 Å². The molecule has 130 valence electrons. The van der Waals surface area contributed by atoms with E-state index in [1.807, 2.05) is 51.1 Å². The molecule has 0 fully saturated rings. The smallest absolute Gasteiger partial charge is 0.324 e. The fourth-order valence-electron chi connectivity index (χ4n) is 2.36. The first-order valence-corrected chi connectivity index (χ1v) is 9.27. The lowest BCUT2D eigenvalue weighted by Crippen LogP contribution is -2.47. The molecule has 3 atom stereocenters. The first kappa shape index (κ1) is 19.8. The van der Waals surface area contributed by atoms with E-state index in [1.54, 1.807) is 0 Å². The Morgan fingerprint density at radius 1 is 1.26 bits per heavy atom. The van der Waals surface area contributed by atoms with Crippen LogP contribution in [0.3, 0.4) is 0 Å². The van der Waals surface area contributed by atoms with Crippen molar-refractivity contribution in [3.05, 3.63) is 35.9 Å². The first-order chi connectivity index (χ1) is 10.8. The molecule has 4 nitrogen and oxygen atoms in total. The van der Waals surface area contributed by atoms with Gasteiger partial charge in [-0.15, -0.1) is 0 Å². The standard InChI is InChI=1S/C18H29NO3S/c1-6-7-13-15(14-11-9-8-10-12-14)16(17(20)22-5)19-23(21)18(2,3)4/h8-12,15-16,19H,6-7,13H2,1-5H3/t15?,16?,23-/m1/s1. The van der Waals surface area contributed by atoms with Gasteiger partial charge >= 0.3 is 5.97 Å². The number of esters is 1. The van der Waals surface area contributed by atoms with Crippen molar-refractivity contribution >= 4 is 17.0 Å². The second kappa shape index (κ2) is 9.18. The number of hydrogen-bond acceptors (Lipinski definition) is 3. The van der Waals surface area contributed by atoms with E-state index in [0.29, 0.717) is 0 Å². The number of carbonyl (C=O) groups excluding carboxylic acids is 1. The molecule has 0 aliphatic heterocycles. The van der Waals surface area contributed by atoms with Gasteiger partial charge in [0.1, 0.15) is 6.04 Å². The number of unbranched alkanes of at least 4 members (excludes halogenated alkanes) is 1. The molecule has 0 spiro atoms. The molecular formula is C18H29NO3S. The predicted molar refractivity (Wildman–Crippen MR) is 95.5 cm³/mol. The van der Waals surface area contributed by atoms with E-state index >= 15 is 0 Å². The molecule has 0 bridgehead atoms. The summed E-state index contributed by atoms with van der Waals surface area (Å²) in [6, 6.07) is 9.28. The SMILES string of the molecule is CCCCC(c1ccccc1)C(N[S@](=O)C(C)(C)C)C(=O)OC. The molecular weight excluding hydrogens is 310 g/mol. The Bertz CT molecular complexity index is 511. The molecule has 1 N–H and O–H groups in total. The highest BCUT2D eigenvalue weighted by Crippen LogP contribution is 2.27. The van der Waals surface area contributed by atoms with E-state index in [4.69, 9.17) is 4.74 Å². The quantitative estimate of drug-likeness (QED) is 0.737. The van der Waals surface area contributed by atoms with Gasteiger partial charge in [-0.1, -0.05) is 50.1 Å². The van der Waals surface area contributed by atoms with Crippen LogP contribution >= 0.6 is 0 Å². The normalized spacial score (nSPS) is 15.7. The zero-order chi connectivity index (χ0) is 17.5. The van der Waals surface area contributed by atoms with Gasteiger partial charge in [0.05, 0.1) is 22.8 Å². The predicted octanol–water partition coefficient (Wildman–Crippen LogP) is 3.55. The summed E-state index contributed by atoms with van der Waals surface area (Å²) in [5.41, 5.74) is 1.06. The summed E-state index contributed by atoms with van der Waals surface area (Å²) in [5, 5.41) is 0. The highest BCUT2D eigenvalue weighted by Gasteiger charge is 2.34. The van der Waals surface area contributed by atoms with Gasteiger partial charge in [-0.2, -0.15) is 0 Å². The molecule has 0 saturated heterocycles. The number of carbonyl (C=O) groups is 1. The largest absolute Gasteiger partial charge is 0.468 e. The van der Waals surface area contributed by atoms with Gasteiger partial charge in [0.15, 0.2) is 0 Å². The molecule has 0 aliphatic rings. The molecule has 0 heterocycles. The van der Waals surface area contributed by atoms with Crippen LogP contribution in [-0.2, 0) is 20.5 Å². The van der Waals surface area contributed by atoms with Crippen LogP contribution in [0.1, 0.15) is 58.4 Å². The Labute approximate surface area is 142 Å². The Morgan fingerprint density at radius 3 is 2.35 bits per heavy atom. The lowest BCUT2D eigenvalue weighted by Gasteiger charge is -2.29. The minimum Gasteiger partial charge on any atom is -0.468 e. The third-order valence-electron chi connectivity index (χ3n) is 3.74. The van der Waals surface area contributed by atoms with Gasteiger partial charge in [0, 0.05) is 5.92 Å². The highest BCUT2D eigenvalue weighted by atomic mass is 32.2. The van der Waals surface area contributed by atoms with Crippen molar-refractivity contribution in [1.29, 1.82) is 0 Å². The second-order valence-corrected chi connectivity index (χ2v) is 8.66. The summed E-state index contributed by atoms with van der Waals surface area (Å²) in [4.78, 5) is 12.3. The van der Waals surface area contributed by atoms with Gasteiger partial charge in [-0.3, -0.25) is 4.79 Å². The van der Waals surface area contributed by atoms with Crippen molar-refractivity contribution in [3.63, 3.8) is 0 Å². The average molecular weight is 340 g/mol. The van der Waals surface area contributed by atoms with Crippen molar-refractivity contribution < 1.29 is 13.7 Å². The number of ether oxygens (including phenoxy) is 1. The summed E-state index contributed by atoms with van der Waals surface area (Å²) >= 11 is 0. The van der Waals surface area contributed by atoms with Crippen molar-refractivity contribution in [1.82, 2.24) is 4.72 Å². The van der Waals surface area contributed by atoms with Gasteiger partial charge < -0.3 is 4.74 Å². The Morgan fingerprint density at radius 2 is 1.87 bits per heavy atom. The maximum Gasteiger partial charge on any atom is 0.324 e. The summed E-state index contributed by atoms with van der Waals surface area (Å²) in [6.07, 6.45) is 2.88. The van der Waals surface area contributed by atoms with Crippen molar-refractivity contribution in [3.8, 4) is 0 Å². The molecule has 0 radical (unpaired) electrons. The van der Waals surface area contributed by atoms with E-state index in [0.717, 1.165) is 24.8 Å². The maximum absolute atomic E-state index is 12.5. The summed E-state index contributed by atoms with van der Waals surface area (Å²) in [6.45, 7) is 7.77. The van der Waals surface area contributed by atoms with Crippen LogP contribution in [0.25, 0.3) is 0 Å². The van der Waals surface area contributed by atoms with E-state index in [-0.39, 0.29) is 11.9 Å². The number of rotatable bonds is 8. The lowest BCUT2D eigenvalue weighted by atomic mass is 9.87. The van der Waals surface area contributed by atoms with Gasteiger partial charge in [0.25, 0.3) is 0 Å². The molecule has 2 unspecified atom stereocenters. The van der Waals surface area contributed by atoms with Crippen LogP contribution in [-0.4, -0.2) is 28.1 Å². The third-order valence-corrected chi connectivity index (χ3v) is 5.32. The summed E-state index contributed by atoms with van der Waals surface area (Å²) in [5.74, 6) is -0.428. The molecule has 1 rings (SSSR count). The van der Waals surface area contributed by atoms with Crippen molar-refractivity contribution in [2.45, 2.75) is 63.7 Å². The van der Waals surface area contributed by atoms with E-state index in [1.165, 1.54) is 7.11 Å². The monoisotopic (exact) mass is 339 g/mol. The van der Waals surface area contributed by atoms with Crippen molar-refractivity contribution in [2.75, 3.05) is 7.11 Å². The fraction of sp³-hybridized carbons (Fsp3) is 0.611. The average Bonchev–Trinajstić information content (AvgIpc) is 2.53. The fourth-order valence-corrected chi connectivity index (χ4v) is 3.21. The molecule has 1 aromatic carbocycles. The van der Waals surface area contributed by atoms with Gasteiger partial charge in [0.2, 0.25) is 0 Å². The minimum absolute atomic E-state index is 0.0603. The van der Waals surface area contributed by atoms with Gasteiger partial charge in [-0.05, 0) is 32.8 Å². The molecule has 0 saturated carbocycles. The summed E-state index contributed by atoms with van der Waals surface area (Å²) in [7, 11) is 0.0336. The Kier molecular flexibility index (Phi) is 7.92. The number of hydrogen-bond donors (Lipinski definition) is 1. The van der Waals surface area contributed by atoms with Crippen LogP contribution in [0.2, 0.25) is 0 Å². The molecule has 0 aromatic heterocycles. The number of methoxy groups -OCH3 is 1. The Balaban J connectivity index is 3.11. The maximum atomic E-state index is 12.5. The Hall–Kier alpha value is -1.20. The first-order valence-electron chi connectivity index (χ1n) is 8.12. The zero-order valence-corrected chi connectivity index (χ0v) is 15.6. The number of benzene rings is 1. The van der Waals surface area contributed by atoms with E-state index in [9.17, 15) is 9.00 Å². The van der Waals surface area contributed by atoms with Crippen LogP contribution in [0.15, 0.2) is 30.3 Å². The summed E-state index contributed by atoms with van der Waals surface area (Å²) < 4.78 is 20.0. The topological polar surface area (TPSA) is 55.4 Å². The van der Waals surface area contributed by atoms with Crippen LogP contribution in [0.4, 0.5) is 0 Å².